The molecular weight excluding hydrogens is 249 g/mol. The second-order valence-corrected chi connectivity index (χ2v) is 3.96. The third-order valence-corrected chi connectivity index (χ3v) is 2.77. The number of nitrogens with one attached hydrogen (secondary N) is 1. The van der Waals surface area contributed by atoms with Crippen LogP contribution >= 0.6 is 23.2 Å². The van der Waals surface area contributed by atoms with Gasteiger partial charge in [-0.05, 0) is 6.07 Å². The molecule has 0 radical (unpaired) electrons. The molecule has 0 aliphatic heterocycles. The zero-order valence-electron chi connectivity index (χ0n) is 8.30. The van der Waals surface area contributed by atoms with Crippen LogP contribution in [0.25, 0.3) is 11.0 Å². The molecule has 1 heterocycles. The van der Waals surface area contributed by atoms with Crippen LogP contribution in [0, 0.1) is 0 Å². The standard InChI is InChI=1S/C11H9Cl2NO2/c12-4-10(15)14-5-7-6-16-11-8(7)2-1-3-9(11)13/h1-3,6H,4-5H2,(H,14,15). The molecule has 0 bridgehead atoms. The SMILES string of the molecule is O=C(CCl)NCc1coc2c(Cl)cccc12. The number of furan rings is 1. The monoisotopic (exact) mass is 257 g/mol. The second-order valence-electron chi connectivity index (χ2n) is 3.29. The minimum Gasteiger partial charge on any atom is -0.462 e. The van der Waals surface area contributed by atoms with Crippen molar-refractivity contribution in [3.05, 3.63) is 35.0 Å². The van der Waals surface area contributed by atoms with E-state index in [0.717, 1.165) is 10.9 Å². The zero-order chi connectivity index (χ0) is 11.5. The van der Waals surface area contributed by atoms with Crippen LogP contribution in [0.3, 0.4) is 0 Å². The first-order chi connectivity index (χ1) is 7.72. The Morgan fingerprint density at radius 3 is 3.00 bits per heavy atom. The highest BCUT2D eigenvalue weighted by Gasteiger charge is 2.09. The number of hydrogen-bond acceptors (Lipinski definition) is 2. The molecule has 84 valence electrons. The van der Waals surface area contributed by atoms with Crippen LogP contribution in [-0.4, -0.2) is 11.8 Å². The Kier molecular flexibility index (Phi) is 3.36. The van der Waals surface area contributed by atoms with Gasteiger partial charge in [0, 0.05) is 17.5 Å². The van der Waals surface area contributed by atoms with E-state index < -0.39 is 0 Å². The van der Waals surface area contributed by atoms with E-state index in [2.05, 4.69) is 5.32 Å². The largest absolute Gasteiger partial charge is 0.462 e. The summed E-state index contributed by atoms with van der Waals surface area (Å²) < 4.78 is 5.33. The molecule has 0 saturated carbocycles. The van der Waals surface area contributed by atoms with Crippen molar-refractivity contribution >= 4 is 40.1 Å². The lowest BCUT2D eigenvalue weighted by Gasteiger charge is -2.00. The number of rotatable bonds is 3. The fourth-order valence-corrected chi connectivity index (χ4v) is 1.77. The van der Waals surface area contributed by atoms with Gasteiger partial charge >= 0.3 is 0 Å². The van der Waals surface area contributed by atoms with E-state index in [1.807, 2.05) is 12.1 Å². The number of carbonyl (C=O) groups is 1. The molecule has 0 aliphatic carbocycles. The van der Waals surface area contributed by atoms with Crippen LogP contribution < -0.4 is 5.32 Å². The van der Waals surface area contributed by atoms with Crippen molar-refractivity contribution in [2.75, 3.05) is 5.88 Å². The van der Waals surface area contributed by atoms with Crippen molar-refractivity contribution in [3.8, 4) is 0 Å². The Morgan fingerprint density at radius 1 is 1.44 bits per heavy atom. The predicted octanol–water partition coefficient (Wildman–Crippen LogP) is 2.94. The summed E-state index contributed by atoms with van der Waals surface area (Å²) in [6.07, 6.45) is 1.59. The maximum absolute atomic E-state index is 11.0. The smallest absolute Gasteiger partial charge is 0.235 e. The maximum atomic E-state index is 11.0. The van der Waals surface area contributed by atoms with Gasteiger partial charge in [-0.3, -0.25) is 4.79 Å². The van der Waals surface area contributed by atoms with Crippen LogP contribution in [-0.2, 0) is 11.3 Å². The molecule has 1 amide bonds. The third kappa shape index (κ3) is 2.15. The quantitative estimate of drug-likeness (QED) is 0.860. The lowest BCUT2D eigenvalue weighted by atomic mass is 10.2. The number of benzene rings is 1. The topological polar surface area (TPSA) is 42.2 Å². The van der Waals surface area contributed by atoms with Crippen molar-refractivity contribution in [3.63, 3.8) is 0 Å². The highest BCUT2D eigenvalue weighted by molar-refractivity contribution is 6.34. The molecule has 1 N–H and O–H groups in total. The van der Waals surface area contributed by atoms with Gasteiger partial charge in [-0.2, -0.15) is 0 Å². The summed E-state index contributed by atoms with van der Waals surface area (Å²) in [4.78, 5) is 11.0. The first kappa shape index (κ1) is 11.3. The summed E-state index contributed by atoms with van der Waals surface area (Å²) in [5, 5.41) is 4.14. The maximum Gasteiger partial charge on any atom is 0.235 e. The summed E-state index contributed by atoms with van der Waals surface area (Å²) in [5.74, 6) is -0.255. The molecule has 5 heteroatoms. The fourth-order valence-electron chi connectivity index (χ4n) is 1.45. The van der Waals surface area contributed by atoms with Gasteiger partial charge in [0.05, 0.1) is 11.3 Å². The average molecular weight is 258 g/mol. The normalized spacial score (nSPS) is 10.6. The second kappa shape index (κ2) is 4.76. The number of alkyl halides is 1. The average Bonchev–Trinajstić information content (AvgIpc) is 2.70. The molecular formula is C11H9Cl2NO2. The number of para-hydroxylation sites is 1. The minimum atomic E-state index is -0.210. The van der Waals surface area contributed by atoms with Gasteiger partial charge < -0.3 is 9.73 Å². The fraction of sp³-hybridized carbons (Fsp3) is 0.182. The summed E-state index contributed by atoms with van der Waals surface area (Å²) in [7, 11) is 0. The van der Waals surface area contributed by atoms with E-state index in [4.69, 9.17) is 27.6 Å². The Bertz CT molecular complexity index is 522. The summed E-state index contributed by atoms with van der Waals surface area (Å²) in [5.41, 5.74) is 1.52. The number of halogens is 2. The Hall–Kier alpha value is -1.19. The molecule has 0 aliphatic rings. The van der Waals surface area contributed by atoms with Crippen molar-refractivity contribution in [1.29, 1.82) is 0 Å². The lowest BCUT2D eigenvalue weighted by Crippen LogP contribution is -2.23. The van der Waals surface area contributed by atoms with E-state index in [-0.39, 0.29) is 11.8 Å². The van der Waals surface area contributed by atoms with Crippen LogP contribution in [0.4, 0.5) is 0 Å². The first-order valence-corrected chi connectivity index (χ1v) is 5.61. The lowest BCUT2D eigenvalue weighted by molar-refractivity contribution is -0.118. The summed E-state index contributed by atoms with van der Waals surface area (Å²) in [6, 6.07) is 5.49. The van der Waals surface area contributed by atoms with Crippen molar-refractivity contribution in [2.45, 2.75) is 6.54 Å². The van der Waals surface area contributed by atoms with Crippen molar-refractivity contribution in [2.24, 2.45) is 0 Å². The van der Waals surface area contributed by atoms with Gasteiger partial charge in [-0.25, -0.2) is 0 Å². The van der Waals surface area contributed by atoms with Gasteiger partial charge in [-0.15, -0.1) is 11.6 Å². The van der Waals surface area contributed by atoms with Crippen LogP contribution in [0.1, 0.15) is 5.56 Å². The van der Waals surface area contributed by atoms with Crippen LogP contribution in [0.5, 0.6) is 0 Å². The highest BCUT2D eigenvalue weighted by atomic mass is 35.5. The van der Waals surface area contributed by atoms with Crippen LogP contribution in [0.15, 0.2) is 28.9 Å². The number of amides is 1. The van der Waals surface area contributed by atoms with Gasteiger partial charge in [0.1, 0.15) is 5.88 Å². The summed E-state index contributed by atoms with van der Waals surface area (Å²) >= 11 is 11.3. The van der Waals surface area contributed by atoms with E-state index in [1.54, 1.807) is 12.3 Å². The number of carbonyl (C=O) groups excluding carboxylic acids is 1. The zero-order valence-corrected chi connectivity index (χ0v) is 9.81. The first-order valence-electron chi connectivity index (χ1n) is 4.69. The van der Waals surface area contributed by atoms with Gasteiger partial charge in [0.15, 0.2) is 5.58 Å². The third-order valence-electron chi connectivity index (χ3n) is 2.23. The molecule has 0 fully saturated rings. The Balaban J connectivity index is 2.25. The van der Waals surface area contributed by atoms with E-state index >= 15 is 0 Å². The predicted molar refractivity (Wildman–Crippen MR) is 63.8 cm³/mol. The number of hydrogen-bond donors (Lipinski definition) is 1. The molecule has 3 nitrogen and oxygen atoms in total. The highest BCUT2D eigenvalue weighted by Crippen LogP contribution is 2.27. The van der Waals surface area contributed by atoms with Gasteiger partial charge in [0.2, 0.25) is 5.91 Å². The Labute approximate surface area is 102 Å². The molecule has 16 heavy (non-hydrogen) atoms. The molecule has 0 spiro atoms. The van der Waals surface area contributed by atoms with E-state index in [1.165, 1.54) is 0 Å². The van der Waals surface area contributed by atoms with E-state index in [0.29, 0.717) is 17.2 Å². The molecule has 0 unspecified atom stereocenters. The van der Waals surface area contributed by atoms with Crippen LogP contribution in [0.2, 0.25) is 5.02 Å². The Morgan fingerprint density at radius 2 is 2.25 bits per heavy atom. The van der Waals surface area contributed by atoms with Crippen molar-refractivity contribution < 1.29 is 9.21 Å². The molecule has 1 aromatic carbocycles. The van der Waals surface area contributed by atoms with Gasteiger partial charge in [0.25, 0.3) is 0 Å². The molecule has 0 saturated heterocycles. The minimum absolute atomic E-state index is 0.0451. The molecule has 0 atom stereocenters. The van der Waals surface area contributed by atoms with E-state index in [9.17, 15) is 4.79 Å². The molecule has 2 aromatic rings. The molecule has 2 rings (SSSR count). The summed E-state index contributed by atoms with van der Waals surface area (Å²) in [6.45, 7) is 0.388. The molecule has 1 aromatic heterocycles. The van der Waals surface area contributed by atoms with Gasteiger partial charge in [-0.1, -0.05) is 23.7 Å². The van der Waals surface area contributed by atoms with Crippen molar-refractivity contribution in [1.82, 2.24) is 5.32 Å². The number of fused-ring (bicyclic) bond motifs is 1.